The van der Waals surface area contributed by atoms with Crippen LogP contribution >= 0.6 is 23.1 Å². The van der Waals surface area contributed by atoms with E-state index in [2.05, 4.69) is 17.1 Å². The first-order valence-electron chi connectivity index (χ1n) is 6.29. The molecular weight excluding hydrogens is 300 g/mol. The van der Waals surface area contributed by atoms with Crippen molar-refractivity contribution in [2.45, 2.75) is 30.0 Å². The molecule has 1 saturated heterocycles. The number of hydrogen-bond donors (Lipinski definition) is 1. The molecule has 0 spiro atoms. The van der Waals surface area contributed by atoms with E-state index in [4.69, 9.17) is 4.74 Å². The Bertz CT molecular complexity index is 470. The molecule has 0 aliphatic carbocycles. The van der Waals surface area contributed by atoms with E-state index in [9.17, 15) is 9.90 Å². The number of carbonyl (C=O) groups is 1. The summed E-state index contributed by atoms with van der Waals surface area (Å²) < 4.78 is 5.85. The molecule has 1 aromatic heterocycles. The van der Waals surface area contributed by atoms with Gasteiger partial charge in [-0.15, -0.1) is 10.2 Å². The second-order valence-electron chi connectivity index (χ2n) is 4.40. The Kier molecular flexibility index (Phi) is 5.19. The Morgan fingerprint density at radius 1 is 1.50 bits per heavy atom. The molecule has 1 aliphatic rings. The Hall–Kier alpha value is -0.900. The quantitative estimate of drug-likeness (QED) is 0.628. The summed E-state index contributed by atoms with van der Waals surface area (Å²) in [6, 6.07) is -0.689. The molecule has 1 N–H and O–H groups in total. The van der Waals surface area contributed by atoms with Crippen LogP contribution in [-0.2, 0) is 4.74 Å². The number of nitrogens with zero attached hydrogens (tertiary/aromatic N) is 4. The van der Waals surface area contributed by atoms with Crippen molar-refractivity contribution in [1.82, 2.24) is 15.1 Å². The van der Waals surface area contributed by atoms with Crippen LogP contribution in [0, 0.1) is 0 Å². The van der Waals surface area contributed by atoms with Crippen LogP contribution < -0.4 is 4.90 Å². The van der Waals surface area contributed by atoms with Gasteiger partial charge in [0.05, 0.1) is 6.61 Å². The number of amides is 2. The van der Waals surface area contributed by atoms with Gasteiger partial charge in [0.25, 0.3) is 0 Å². The number of aliphatic hydroxyl groups is 1. The van der Waals surface area contributed by atoms with E-state index in [1.165, 1.54) is 28.2 Å². The first kappa shape index (κ1) is 15.5. The third-order valence-corrected chi connectivity index (χ3v) is 5.24. The maximum Gasteiger partial charge on any atom is 0.328 e. The largest absolute Gasteiger partial charge is 0.382 e. The molecule has 0 saturated carbocycles. The van der Waals surface area contributed by atoms with Crippen molar-refractivity contribution >= 4 is 34.3 Å². The Morgan fingerprint density at radius 2 is 2.25 bits per heavy atom. The molecule has 0 aromatic carbocycles. The summed E-state index contributed by atoms with van der Waals surface area (Å²) in [5.74, 6) is 0.956. The second kappa shape index (κ2) is 6.70. The first-order valence-corrected chi connectivity index (χ1v) is 8.09. The monoisotopic (exact) mass is 318 g/mol. The van der Waals surface area contributed by atoms with E-state index in [0.717, 1.165) is 16.5 Å². The minimum Gasteiger partial charge on any atom is -0.382 e. The average molecular weight is 318 g/mol. The molecule has 1 aromatic rings. The summed E-state index contributed by atoms with van der Waals surface area (Å²) in [6.45, 7) is 2.36. The highest BCUT2D eigenvalue weighted by Gasteiger charge is 2.45. The Balaban J connectivity index is 2.15. The maximum absolute atomic E-state index is 12.2. The SMILES string of the molecule is CCCSc1nnc(N2C(=O)N(C)C(COC)C2O)s1. The third-order valence-electron chi connectivity index (χ3n) is 2.98. The molecule has 2 unspecified atom stereocenters. The molecule has 9 heteroatoms. The number of thioether (sulfide) groups is 1. The van der Waals surface area contributed by atoms with Crippen LogP contribution in [-0.4, -0.2) is 65.0 Å². The van der Waals surface area contributed by atoms with E-state index in [1.54, 1.807) is 18.8 Å². The van der Waals surface area contributed by atoms with E-state index in [1.807, 2.05) is 0 Å². The number of ether oxygens (including phenoxy) is 1. The van der Waals surface area contributed by atoms with Crippen LogP contribution in [0.4, 0.5) is 9.93 Å². The van der Waals surface area contributed by atoms with Gasteiger partial charge in [0.2, 0.25) is 5.13 Å². The fraction of sp³-hybridized carbons (Fsp3) is 0.727. The zero-order chi connectivity index (χ0) is 14.7. The van der Waals surface area contributed by atoms with Crippen molar-refractivity contribution < 1.29 is 14.6 Å². The number of likely N-dealkylation sites (N-methyl/N-ethyl adjacent to an activating group) is 1. The molecule has 112 valence electrons. The lowest BCUT2D eigenvalue weighted by Crippen LogP contribution is -2.39. The highest BCUT2D eigenvalue weighted by Crippen LogP contribution is 2.33. The first-order chi connectivity index (χ1) is 9.60. The minimum absolute atomic E-state index is 0.274. The van der Waals surface area contributed by atoms with Gasteiger partial charge in [0.15, 0.2) is 10.6 Å². The average Bonchev–Trinajstić information content (AvgIpc) is 2.96. The molecule has 2 heterocycles. The van der Waals surface area contributed by atoms with Crippen molar-refractivity contribution in [2.75, 3.05) is 31.4 Å². The van der Waals surface area contributed by atoms with Crippen molar-refractivity contribution in [3.05, 3.63) is 0 Å². The molecule has 7 nitrogen and oxygen atoms in total. The van der Waals surface area contributed by atoms with Gasteiger partial charge < -0.3 is 14.7 Å². The number of carbonyl (C=O) groups excluding carboxylic acids is 1. The molecule has 2 amide bonds. The molecule has 2 atom stereocenters. The van der Waals surface area contributed by atoms with Gasteiger partial charge in [-0.1, -0.05) is 30.0 Å². The third kappa shape index (κ3) is 2.90. The van der Waals surface area contributed by atoms with Gasteiger partial charge in [-0.25, -0.2) is 9.69 Å². The van der Waals surface area contributed by atoms with Gasteiger partial charge in [0, 0.05) is 19.9 Å². The predicted octanol–water partition coefficient (Wildman–Crippen LogP) is 1.25. The van der Waals surface area contributed by atoms with E-state index in [0.29, 0.717) is 5.13 Å². The summed E-state index contributed by atoms with van der Waals surface area (Å²) in [5, 5.41) is 18.7. The van der Waals surface area contributed by atoms with Crippen LogP contribution in [0.25, 0.3) is 0 Å². The number of aromatic nitrogens is 2. The smallest absolute Gasteiger partial charge is 0.328 e. The van der Waals surface area contributed by atoms with Crippen LogP contribution in [0.15, 0.2) is 4.34 Å². The van der Waals surface area contributed by atoms with Gasteiger partial charge in [-0.2, -0.15) is 0 Å². The maximum atomic E-state index is 12.2. The summed E-state index contributed by atoms with van der Waals surface area (Å²) in [4.78, 5) is 14.9. The summed E-state index contributed by atoms with van der Waals surface area (Å²) in [7, 11) is 3.18. The van der Waals surface area contributed by atoms with Crippen LogP contribution in [0.5, 0.6) is 0 Å². The predicted molar refractivity (Wildman–Crippen MR) is 78.2 cm³/mol. The van der Waals surface area contributed by atoms with Crippen LogP contribution in [0.1, 0.15) is 13.3 Å². The van der Waals surface area contributed by atoms with E-state index in [-0.39, 0.29) is 12.6 Å². The Labute approximate surface area is 125 Å². The van der Waals surface area contributed by atoms with Crippen molar-refractivity contribution in [2.24, 2.45) is 0 Å². The highest BCUT2D eigenvalue weighted by molar-refractivity contribution is 8.01. The number of methoxy groups -OCH3 is 1. The normalized spacial score (nSPS) is 22.9. The second-order valence-corrected chi connectivity index (χ2v) is 6.70. The lowest BCUT2D eigenvalue weighted by Gasteiger charge is -2.19. The lowest BCUT2D eigenvalue weighted by molar-refractivity contribution is 0.0633. The summed E-state index contributed by atoms with van der Waals surface area (Å²) in [5.41, 5.74) is 0. The zero-order valence-electron chi connectivity index (χ0n) is 11.6. The topological polar surface area (TPSA) is 78.8 Å². The van der Waals surface area contributed by atoms with Crippen molar-refractivity contribution in [3.63, 3.8) is 0 Å². The fourth-order valence-electron chi connectivity index (χ4n) is 1.91. The molecule has 1 aliphatic heterocycles. The lowest BCUT2D eigenvalue weighted by atomic mass is 10.3. The van der Waals surface area contributed by atoms with E-state index >= 15 is 0 Å². The molecule has 0 radical (unpaired) electrons. The standard InChI is InChI=1S/C11H18N4O3S2/c1-4-5-19-10-13-12-9(20-10)15-8(16)7(6-18-3)14(2)11(15)17/h7-8,16H,4-6H2,1-3H3. The molecule has 20 heavy (non-hydrogen) atoms. The number of anilines is 1. The van der Waals surface area contributed by atoms with Crippen LogP contribution in [0.2, 0.25) is 0 Å². The summed E-state index contributed by atoms with van der Waals surface area (Å²) in [6.07, 6.45) is 0.0770. The van der Waals surface area contributed by atoms with Crippen molar-refractivity contribution in [3.8, 4) is 0 Å². The fourth-order valence-corrected chi connectivity index (χ4v) is 3.70. The zero-order valence-corrected chi connectivity index (χ0v) is 13.3. The minimum atomic E-state index is -0.968. The molecule has 1 fully saturated rings. The number of hydrogen-bond acceptors (Lipinski definition) is 7. The molecule has 2 rings (SSSR count). The summed E-state index contributed by atoms with van der Waals surface area (Å²) >= 11 is 2.92. The highest BCUT2D eigenvalue weighted by atomic mass is 32.2. The van der Waals surface area contributed by atoms with Crippen LogP contribution in [0.3, 0.4) is 0 Å². The van der Waals surface area contributed by atoms with Gasteiger partial charge in [-0.05, 0) is 6.42 Å². The Morgan fingerprint density at radius 3 is 2.90 bits per heavy atom. The van der Waals surface area contributed by atoms with Crippen molar-refractivity contribution in [1.29, 1.82) is 0 Å². The number of urea groups is 1. The van der Waals surface area contributed by atoms with Gasteiger partial charge in [0.1, 0.15) is 6.04 Å². The van der Waals surface area contributed by atoms with Gasteiger partial charge in [-0.3, -0.25) is 0 Å². The van der Waals surface area contributed by atoms with E-state index < -0.39 is 12.3 Å². The molecular formula is C11H18N4O3S2. The number of aliphatic hydroxyl groups excluding tert-OH is 1. The van der Waals surface area contributed by atoms with Gasteiger partial charge >= 0.3 is 6.03 Å². The molecule has 0 bridgehead atoms. The number of rotatable bonds is 6.